The molecule has 6 heteroatoms. The van der Waals surface area contributed by atoms with Gasteiger partial charge in [-0.25, -0.2) is 0 Å². The molecule has 3 aromatic rings. The Hall–Kier alpha value is -2.02. The van der Waals surface area contributed by atoms with Crippen LogP contribution in [0.15, 0.2) is 51.7 Å². The van der Waals surface area contributed by atoms with Crippen LogP contribution in [0.3, 0.4) is 0 Å². The van der Waals surface area contributed by atoms with E-state index in [0.29, 0.717) is 18.3 Å². The Morgan fingerprint density at radius 3 is 2.81 bits per heavy atom. The fourth-order valence-electron chi connectivity index (χ4n) is 2.02. The number of hydrogen-bond donors (Lipinski definition) is 2. The predicted molar refractivity (Wildman–Crippen MR) is 80.7 cm³/mol. The molecule has 0 aliphatic heterocycles. The summed E-state index contributed by atoms with van der Waals surface area (Å²) >= 11 is 1.59. The number of aliphatic hydroxyl groups excluding tert-OH is 1. The zero-order chi connectivity index (χ0) is 14.5. The van der Waals surface area contributed by atoms with E-state index in [0.717, 1.165) is 11.1 Å². The summed E-state index contributed by atoms with van der Waals surface area (Å²) in [7, 11) is 0. The molecule has 0 spiro atoms. The maximum absolute atomic E-state index is 9.49. The fourth-order valence-corrected chi connectivity index (χ4v) is 2.65. The normalized spacial score (nSPS) is 12.4. The molecule has 1 aromatic carbocycles. The van der Waals surface area contributed by atoms with Gasteiger partial charge in [0.2, 0.25) is 0 Å². The van der Waals surface area contributed by atoms with Crippen LogP contribution in [0.5, 0.6) is 0 Å². The van der Waals surface area contributed by atoms with Gasteiger partial charge in [0.05, 0.1) is 24.8 Å². The Morgan fingerprint density at radius 1 is 1.24 bits per heavy atom. The molecule has 0 saturated heterocycles. The lowest BCUT2D eigenvalue weighted by molar-refractivity contribution is 0.242. The zero-order valence-electron chi connectivity index (χ0n) is 11.3. The van der Waals surface area contributed by atoms with Crippen molar-refractivity contribution in [3.05, 3.63) is 58.5 Å². The van der Waals surface area contributed by atoms with Gasteiger partial charge in [-0.2, -0.15) is 16.3 Å². The molecular formula is C15H15N3O2S. The summed E-state index contributed by atoms with van der Waals surface area (Å²) in [4.78, 5) is 4.34. The Kier molecular flexibility index (Phi) is 4.40. The monoisotopic (exact) mass is 301 g/mol. The molecule has 0 amide bonds. The van der Waals surface area contributed by atoms with E-state index in [1.807, 2.05) is 47.2 Å². The number of aliphatic hydroxyl groups is 1. The van der Waals surface area contributed by atoms with Crippen LogP contribution >= 0.6 is 11.3 Å². The minimum Gasteiger partial charge on any atom is -0.394 e. The second-order valence-electron chi connectivity index (χ2n) is 4.55. The molecule has 0 unspecified atom stereocenters. The molecule has 2 heterocycles. The van der Waals surface area contributed by atoms with Crippen molar-refractivity contribution in [3.63, 3.8) is 0 Å². The lowest BCUT2D eigenvalue weighted by atomic mass is 10.1. The Bertz CT molecular complexity index is 667. The molecule has 108 valence electrons. The van der Waals surface area contributed by atoms with Crippen LogP contribution in [0.4, 0.5) is 0 Å². The van der Waals surface area contributed by atoms with Gasteiger partial charge in [0.25, 0.3) is 5.89 Å². The molecule has 0 radical (unpaired) electrons. The van der Waals surface area contributed by atoms with E-state index in [1.165, 1.54) is 0 Å². The minimum atomic E-state index is -0.144. The number of nitrogens with zero attached hydrogens (tertiary/aromatic N) is 2. The van der Waals surface area contributed by atoms with Gasteiger partial charge in [0, 0.05) is 5.38 Å². The van der Waals surface area contributed by atoms with E-state index in [1.54, 1.807) is 11.3 Å². The van der Waals surface area contributed by atoms with Crippen LogP contribution in [-0.4, -0.2) is 21.9 Å². The van der Waals surface area contributed by atoms with Crippen LogP contribution < -0.4 is 5.32 Å². The topological polar surface area (TPSA) is 71.2 Å². The van der Waals surface area contributed by atoms with Gasteiger partial charge in [0.1, 0.15) is 0 Å². The third-order valence-corrected chi connectivity index (χ3v) is 3.81. The van der Waals surface area contributed by atoms with Crippen LogP contribution in [0, 0.1) is 0 Å². The number of thiophene rings is 1. The third-order valence-electron chi connectivity index (χ3n) is 3.13. The average molecular weight is 301 g/mol. The van der Waals surface area contributed by atoms with E-state index < -0.39 is 0 Å². The van der Waals surface area contributed by atoms with Gasteiger partial charge in [-0.1, -0.05) is 35.5 Å². The van der Waals surface area contributed by atoms with Gasteiger partial charge < -0.3 is 14.9 Å². The lowest BCUT2D eigenvalue weighted by Crippen LogP contribution is -2.24. The second kappa shape index (κ2) is 6.62. The van der Waals surface area contributed by atoms with Crippen molar-refractivity contribution >= 4 is 11.3 Å². The summed E-state index contributed by atoms with van der Waals surface area (Å²) in [5.41, 5.74) is 1.96. The predicted octanol–water partition coefficient (Wildman–Crippen LogP) is 2.62. The molecule has 0 fully saturated rings. The van der Waals surface area contributed by atoms with Crippen molar-refractivity contribution in [2.45, 2.75) is 12.6 Å². The summed E-state index contributed by atoms with van der Waals surface area (Å²) in [5, 5.41) is 20.6. The van der Waals surface area contributed by atoms with Crippen molar-refractivity contribution in [3.8, 4) is 11.5 Å². The second-order valence-corrected chi connectivity index (χ2v) is 5.33. The van der Waals surface area contributed by atoms with Crippen molar-refractivity contribution in [2.24, 2.45) is 0 Å². The van der Waals surface area contributed by atoms with Gasteiger partial charge in [-0.05, 0) is 17.0 Å². The summed E-state index contributed by atoms with van der Waals surface area (Å²) in [6.45, 7) is 0.451. The first-order valence-electron chi connectivity index (χ1n) is 6.61. The van der Waals surface area contributed by atoms with E-state index >= 15 is 0 Å². The zero-order valence-corrected chi connectivity index (χ0v) is 12.1. The number of nitrogens with one attached hydrogen (secondary N) is 1. The van der Waals surface area contributed by atoms with Crippen molar-refractivity contribution in [2.75, 3.05) is 6.61 Å². The minimum absolute atomic E-state index is 0.0131. The first-order chi connectivity index (χ1) is 10.4. The largest absolute Gasteiger partial charge is 0.394 e. The average Bonchev–Trinajstić information content (AvgIpc) is 3.20. The standard InChI is InChI=1S/C15H15N3O2S/c19-9-13(11-4-2-1-3-5-11)16-8-14-17-15(20-18-14)12-6-7-21-10-12/h1-7,10,13,16,19H,8-9H2/t13-/m0/s1. The van der Waals surface area contributed by atoms with Crippen LogP contribution in [0.2, 0.25) is 0 Å². The van der Waals surface area contributed by atoms with Crippen LogP contribution in [-0.2, 0) is 6.54 Å². The smallest absolute Gasteiger partial charge is 0.258 e. The first kappa shape index (κ1) is 13.9. The number of rotatable bonds is 6. The molecule has 1 atom stereocenters. The fraction of sp³-hybridized carbons (Fsp3) is 0.200. The highest BCUT2D eigenvalue weighted by atomic mass is 32.1. The number of aromatic nitrogens is 2. The molecule has 2 aromatic heterocycles. The van der Waals surface area contributed by atoms with E-state index in [9.17, 15) is 5.11 Å². The molecule has 0 bridgehead atoms. The Balaban J connectivity index is 1.64. The maximum Gasteiger partial charge on any atom is 0.258 e. The highest BCUT2D eigenvalue weighted by Crippen LogP contribution is 2.20. The van der Waals surface area contributed by atoms with Gasteiger partial charge >= 0.3 is 0 Å². The van der Waals surface area contributed by atoms with Crippen molar-refractivity contribution < 1.29 is 9.63 Å². The Morgan fingerprint density at radius 2 is 2.10 bits per heavy atom. The molecule has 0 saturated carbocycles. The SMILES string of the molecule is OC[C@H](NCc1noc(-c2ccsc2)n1)c1ccccc1. The van der Waals surface area contributed by atoms with Gasteiger partial charge in [-0.15, -0.1) is 0 Å². The molecule has 5 nitrogen and oxygen atoms in total. The highest BCUT2D eigenvalue weighted by Gasteiger charge is 2.13. The number of hydrogen-bond acceptors (Lipinski definition) is 6. The van der Waals surface area contributed by atoms with Crippen LogP contribution in [0.25, 0.3) is 11.5 Å². The van der Waals surface area contributed by atoms with Gasteiger partial charge in [-0.3, -0.25) is 0 Å². The maximum atomic E-state index is 9.49. The number of benzene rings is 1. The van der Waals surface area contributed by atoms with E-state index in [-0.39, 0.29) is 12.6 Å². The van der Waals surface area contributed by atoms with Gasteiger partial charge in [0.15, 0.2) is 5.82 Å². The molecular weight excluding hydrogens is 286 g/mol. The van der Waals surface area contributed by atoms with Crippen molar-refractivity contribution in [1.29, 1.82) is 0 Å². The highest BCUT2D eigenvalue weighted by molar-refractivity contribution is 7.08. The molecule has 2 N–H and O–H groups in total. The molecule has 0 aliphatic rings. The summed E-state index contributed by atoms with van der Waals surface area (Å²) in [6, 6.07) is 11.6. The van der Waals surface area contributed by atoms with E-state index in [2.05, 4.69) is 15.5 Å². The quantitative estimate of drug-likeness (QED) is 0.732. The summed E-state index contributed by atoms with van der Waals surface area (Å²) < 4.78 is 5.22. The lowest BCUT2D eigenvalue weighted by Gasteiger charge is -2.15. The van der Waals surface area contributed by atoms with E-state index in [4.69, 9.17) is 4.52 Å². The molecule has 21 heavy (non-hydrogen) atoms. The Labute approximate surface area is 126 Å². The molecule has 0 aliphatic carbocycles. The van der Waals surface area contributed by atoms with Crippen molar-refractivity contribution in [1.82, 2.24) is 15.5 Å². The molecule has 3 rings (SSSR count). The summed E-state index contributed by atoms with van der Waals surface area (Å²) in [6.07, 6.45) is 0. The van der Waals surface area contributed by atoms with Crippen LogP contribution in [0.1, 0.15) is 17.4 Å². The summed E-state index contributed by atoms with van der Waals surface area (Å²) in [5.74, 6) is 1.10. The third kappa shape index (κ3) is 3.36. The first-order valence-corrected chi connectivity index (χ1v) is 7.55.